The fourth-order valence-electron chi connectivity index (χ4n) is 2.19. The minimum Gasteiger partial charge on any atom is -0.480 e. The minimum absolute atomic E-state index is 0.250. The second-order valence-electron chi connectivity index (χ2n) is 5.05. The van der Waals surface area contributed by atoms with Gasteiger partial charge in [0.05, 0.1) is 19.3 Å². The Hall–Kier alpha value is -2.96. The highest BCUT2D eigenvalue weighted by Crippen LogP contribution is 2.14. The summed E-state index contributed by atoms with van der Waals surface area (Å²) in [6.07, 6.45) is 1.53. The first-order valence-electron chi connectivity index (χ1n) is 7.03. The number of imidazole rings is 1. The molecule has 0 aliphatic heterocycles. The number of methoxy groups -OCH3 is 1. The summed E-state index contributed by atoms with van der Waals surface area (Å²) in [5.74, 6) is -0.208. The summed E-state index contributed by atoms with van der Waals surface area (Å²) in [4.78, 5) is 16.5. The van der Waals surface area contributed by atoms with Crippen molar-refractivity contribution in [2.45, 2.75) is 13.0 Å². The van der Waals surface area contributed by atoms with Gasteiger partial charge in [0, 0.05) is 6.07 Å². The van der Waals surface area contributed by atoms with Gasteiger partial charge >= 0.3 is 0 Å². The van der Waals surface area contributed by atoms with Crippen LogP contribution in [0.25, 0.3) is 5.65 Å². The van der Waals surface area contributed by atoms with Crippen LogP contribution in [0.2, 0.25) is 0 Å². The lowest BCUT2D eigenvalue weighted by Crippen LogP contribution is -2.26. The second kappa shape index (κ2) is 6.04. The molecule has 2 heterocycles. The molecule has 7 heteroatoms. The van der Waals surface area contributed by atoms with Gasteiger partial charge in [-0.2, -0.15) is 0 Å². The number of rotatable bonds is 4. The molecule has 0 fully saturated rings. The third kappa shape index (κ3) is 3.13. The maximum atomic E-state index is 12.9. The number of fused-ring (bicyclic) bond motifs is 1. The molecule has 0 aliphatic carbocycles. The molecule has 0 saturated carbocycles. The summed E-state index contributed by atoms with van der Waals surface area (Å²) < 4.78 is 19.5. The number of carbonyl (C=O) groups excluding carboxylic acids is 1. The molecule has 1 N–H and O–H groups in total. The van der Waals surface area contributed by atoms with Gasteiger partial charge in [0.15, 0.2) is 5.65 Å². The number of hydrogen-bond acceptors (Lipinski definition) is 4. The van der Waals surface area contributed by atoms with E-state index >= 15 is 0 Å². The second-order valence-corrected chi connectivity index (χ2v) is 5.05. The zero-order valence-electron chi connectivity index (χ0n) is 12.7. The van der Waals surface area contributed by atoms with Crippen LogP contribution in [0.3, 0.4) is 0 Å². The van der Waals surface area contributed by atoms with Crippen molar-refractivity contribution in [2.75, 3.05) is 7.11 Å². The predicted molar refractivity (Wildman–Crippen MR) is 81.8 cm³/mol. The predicted octanol–water partition coefficient (Wildman–Crippen LogP) is 2.37. The number of aromatic nitrogens is 3. The molecule has 1 unspecified atom stereocenters. The molecule has 0 saturated heterocycles. The van der Waals surface area contributed by atoms with Crippen molar-refractivity contribution in [2.24, 2.45) is 0 Å². The summed E-state index contributed by atoms with van der Waals surface area (Å²) in [6.45, 7) is 1.82. The first-order chi connectivity index (χ1) is 11.1. The summed E-state index contributed by atoms with van der Waals surface area (Å²) in [5.41, 5.74) is 1.61. The average Bonchev–Trinajstić information content (AvgIpc) is 2.98. The quantitative estimate of drug-likeness (QED) is 0.803. The first kappa shape index (κ1) is 15.0. The molecule has 1 atom stereocenters. The van der Waals surface area contributed by atoms with Gasteiger partial charge in [-0.1, -0.05) is 12.1 Å². The molecule has 1 amide bonds. The van der Waals surface area contributed by atoms with Gasteiger partial charge in [0.25, 0.3) is 5.91 Å². The van der Waals surface area contributed by atoms with E-state index in [0.717, 1.165) is 5.56 Å². The monoisotopic (exact) mass is 314 g/mol. The highest BCUT2D eigenvalue weighted by molar-refractivity contribution is 5.93. The highest BCUT2D eigenvalue weighted by Gasteiger charge is 2.15. The van der Waals surface area contributed by atoms with Crippen LogP contribution < -0.4 is 10.1 Å². The van der Waals surface area contributed by atoms with Crippen LogP contribution in [0.1, 0.15) is 29.0 Å². The Balaban J connectivity index is 1.78. The van der Waals surface area contributed by atoms with E-state index in [1.165, 1.54) is 30.0 Å². The highest BCUT2D eigenvalue weighted by atomic mass is 19.1. The van der Waals surface area contributed by atoms with E-state index < -0.39 is 0 Å². The Labute approximate surface area is 131 Å². The van der Waals surface area contributed by atoms with Crippen molar-refractivity contribution in [1.29, 1.82) is 0 Å². The van der Waals surface area contributed by atoms with E-state index in [4.69, 9.17) is 4.74 Å². The zero-order chi connectivity index (χ0) is 16.4. The molecule has 3 rings (SSSR count). The van der Waals surface area contributed by atoms with Crippen LogP contribution in [0.4, 0.5) is 4.39 Å². The van der Waals surface area contributed by atoms with Crippen molar-refractivity contribution in [3.05, 3.63) is 59.7 Å². The van der Waals surface area contributed by atoms with Gasteiger partial charge in [0.1, 0.15) is 11.5 Å². The fourth-order valence-corrected chi connectivity index (χ4v) is 2.19. The Bertz CT molecular complexity index is 845. The van der Waals surface area contributed by atoms with Gasteiger partial charge in [0.2, 0.25) is 5.88 Å². The molecule has 0 spiro atoms. The maximum absolute atomic E-state index is 12.9. The molecule has 0 radical (unpaired) electrons. The molecule has 23 heavy (non-hydrogen) atoms. The standard InChI is InChI=1S/C16H15FN4O2/c1-10(11-3-5-12(17)6-4-11)18-16(22)13-9-21-14(19-13)7-8-15(20-21)23-2/h3-10H,1-2H3,(H,18,22). The van der Waals surface area contributed by atoms with Gasteiger partial charge in [-0.15, -0.1) is 5.10 Å². The fraction of sp³-hybridized carbons (Fsp3) is 0.188. The third-order valence-corrected chi connectivity index (χ3v) is 3.45. The molecule has 2 aromatic heterocycles. The number of amides is 1. The zero-order valence-corrected chi connectivity index (χ0v) is 12.7. The lowest BCUT2D eigenvalue weighted by atomic mass is 10.1. The number of nitrogens with zero attached hydrogens (tertiary/aromatic N) is 3. The summed E-state index contributed by atoms with van der Waals surface area (Å²) in [7, 11) is 1.52. The van der Waals surface area contributed by atoms with Gasteiger partial charge < -0.3 is 10.1 Å². The number of carbonyl (C=O) groups is 1. The van der Waals surface area contributed by atoms with Crippen LogP contribution in [0, 0.1) is 5.82 Å². The number of hydrogen-bond donors (Lipinski definition) is 1. The lowest BCUT2D eigenvalue weighted by molar-refractivity contribution is 0.0935. The molecule has 0 aliphatic rings. The SMILES string of the molecule is COc1ccc2nc(C(=O)NC(C)c3ccc(F)cc3)cn2n1. The Morgan fingerprint density at radius 2 is 2.00 bits per heavy atom. The van der Waals surface area contributed by atoms with Crippen molar-refractivity contribution in [1.82, 2.24) is 19.9 Å². The Morgan fingerprint density at radius 3 is 2.70 bits per heavy atom. The molecular weight excluding hydrogens is 299 g/mol. The third-order valence-electron chi connectivity index (χ3n) is 3.45. The van der Waals surface area contributed by atoms with Crippen molar-refractivity contribution < 1.29 is 13.9 Å². The van der Waals surface area contributed by atoms with E-state index in [1.807, 2.05) is 6.92 Å². The van der Waals surface area contributed by atoms with Gasteiger partial charge in [-0.3, -0.25) is 4.79 Å². The van der Waals surface area contributed by atoms with Gasteiger partial charge in [-0.25, -0.2) is 13.9 Å². The molecule has 118 valence electrons. The smallest absolute Gasteiger partial charge is 0.272 e. The molecular formula is C16H15FN4O2. The summed E-state index contributed by atoms with van der Waals surface area (Å²) in [6, 6.07) is 9.11. The minimum atomic E-state index is -0.328. The van der Waals surface area contributed by atoms with Gasteiger partial charge in [-0.05, 0) is 30.7 Å². The number of halogens is 1. The average molecular weight is 314 g/mol. The van der Waals surface area contributed by atoms with Crippen LogP contribution >= 0.6 is 0 Å². The van der Waals surface area contributed by atoms with E-state index in [2.05, 4.69) is 15.4 Å². The largest absolute Gasteiger partial charge is 0.480 e. The summed E-state index contributed by atoms with van der Waals surface area (Å²) >= 11 is 0. The molecule has 0 bridgehead atoms. The van der Waals surface area contributed by atoms with Crippen LogP contribution in [0.15, 0.2) is 42.6 Å². The van der Waals surface area contributed by atoms with Crippen molar-refractivity contribution in [3.8, 4) is 5.88 Å². The van der Waals surface area contributed by atoms with Crippen molar-refractivity contribution in [3.63, 3.8) is 0 Å². The molecule has 6 nitrogen and oxygen atoms in total. The first-order valence-corrected chi connectivity index (χ1v) is 7.03. The van der Waals surface area contributed by atoms with Crippen LogP contribution in [-0.4, -0.2) is 27.6 Å². The number of nitrogens with one attached hydrogen (secondary N) is 1. The van der Waals surface area contributed by atoms with E-state index in [9.17, 15) is 9.18 Å². The normalized spacial score (nSPS) is 12.1. The number of ether oxygens (including phenoxy) is 1. The summed E-state index contributed by atoms with van der Waals surface area (Å²) in [5, 5.41) is 6.98. The number of benzene rings is 1. The maximum Gasteiger partial charge on any atom is 0.272 e. The van der Waals surface area contributed by atoms with E-state index in [0.29, 0.717) is 11.5 Å². The van der Waals surface area contributed by atoms with E-state index in [1.54, 1.807) is 24.3 Å². The van der Waals surface area contributed by atoms with Crippen LogP contribution in [-0.2, 0) is 0 Å². The lowest BCUT2D eigenvalue weighted by Gasteiger charge is -2.13. The molecule has 1 aromatic carbocycles. The van der Waals surface area contributed by atoms with E-state index in [-0.39, 0.29) is 23.5 Å². The van der Waals surface area contributed by atoms with Crippen molar-refractivity contribution >= 4 is 11.6 Å². The van der Waals surface area contributed by atoms with Crippen LogP contribution in [0.5, 0.6) is 5.88 Å². The molecule has 3 aromatic rings. The topological polar surface area (TPSA) is 68.5 Å². The Morgan fingerprint density at radius 1 is 1.26 bits per heavy atom. The Kier molecular flexibility index (Phi) is 3.92.